The van der Waals surface area contributed by atoms with Gasteiger partial charge < -0.3 is 9.84 Å². The molecule has 0 aliphatic rings. The van der Waals surface area contributed by atoms with Crippen molar-refractivity contribution in [1.29, 1.82) is 0 Å². The molecule has 0 aliphatic carbocycles. The van der Waals surface area contributed by atoms with Gasteiger partial charge in [0, 0.05) is 6.42 Å². The lowest BCUT2D eigenvalue weighted by atomic mass is 10.1. The largest absolute Gasteiger partial charge is 0.490 e. The van der Waals surface area contributed by atoms with Gasteiger partial charge >= 0.3 is 0 Å². The van der Waals surface area contributed by atoms with Gasteiger partial charge in [-0.2, -0.15) is 0 Å². The minimum absolute atomic E-state index is 0.197. The van der Waals surface area contributed by atoms with Crippen LogP contribution in [0.25, 0.3) is 0 Å². The molecule has 0 spiro atoms. The van der Waals surface area contributed by atoms with E-state index in [9.17, 15) is 9.50 Å². The van der Waals surface area contributed by atoms with Gasteiger partial charge in [0.15, 0.2) is 11.6 Å². The molecule has 16 heavy (non-hydrogen) atoms. The zero-order chi connectivity index (χ0) is 12.0. The van der Waals surface area contributed by atoms with Crippen LogP contribution in [0.15, 0.2) is 18.2 Å². The van der Waals surface area contributed by atoms with Gasteiger partial charge in [-0.25, -0.2) is 4.39 Å². The molecule has 0 radical (unpaired) electrons. The van der Waals surface area contributed by atoms with Gasteiger partial charge in [-0.3, -0.25) is 0 Å². The molecule has 0 heterocycles. The van der Waals surface area contributed by atoms with Gasteiger partial charge in [0.05, 0.1) is 12.7 Å². The van der Waals surface area contributed by atoms with E-state index in [0.717, 1.165) is 0 Å². The Hall–Kier alpha value is -1.53. The maximum absolute atomic E-state index is 13.4. The molecule has 1 aromatic carbocycles. The summed E-state index contributed by atoms with van der Waals surface area (Å²) in [7, 11) is 0. The predicted molar refractivity (Wildman–Crippen MR) is 60.6 cm³/mol. The molecule has 0 amide bonds. The van der Waals surface area contributed by atoms with Gasteiger partial charge in [-0.05, 0) is 31.5 Å². The Morgan fingerprint density at radius 3 is 2.81 bits per heavy atom. The Morgan fingerprint density at radius 2 is 2.25 bits per heavy atom. The number of benzene rings is 1. The van der Waals surface area contributed by atoms with E-state index in [2.05, 4.69) is 11.8 Å². The second-order valence-corrected chi connectivity index (χ2v) is 3.39. The molecule has 0 unspecified atom stereocenters. The summed E-state index contributed by atoms with van der Waals surface area (Å²) in [6, 6.07) is 4.46. The highest BCUT2D eigenvalue weighted by Gasteiger charge is 2.07. The van der Waals surface area contributed by atoms with Crippen LogP contribution in [0.5, 0.6) is 5.75 Å². The van der Waals surface area contributed by atoms with Crippen LogP contribution >= 0.6 is 0 Å². The third-order valence-corrected chi connectivity index (χ3v) is 2.10. The molecule has 2 nitrogen and oxygen atoms in total. The average Bonchev–Trinajstić information content (AvgIpc) is 2.26. The number of aliphatic hydroxyl groups excluding tert-OH is 1. The highest BCUT2D eigenvalue weighted by molar-refractivity contribution is 5.30. The summed E-state index contributed by atoms with van der Waals surface area (Å²) < 4.78 is 18.7. The second-order valence-electron chi connectivity index (χ2n) is 3.39. The maximum Gasteiger partial charge on any atom is 0.165 e. The average molecular weight is 222 g/mol. The molecule has 0 aromatic heterocycles. The molecule has 0 fully saturated rings. The third-order valence-electron chi connectivity index (χ3n) is 2.10. The van der Waals surface area contributed by atoms with Crippen LogP contribution in [0.3, 0.4) is 0 Å². The van der Waals surface area contributed by atoms with Crippen LogP contribution in [0.1, 0.15) is 31.9 Å². The summed E-state index contributed by atoms with van der Waals surface area (Å²) in [6.07, 6.45) is -0.0943. The standard InChI is InChI=1S/C13H15FO2/c1-3-4-5-8-16-13-7-6-11(10(2)15)9-12(13)14/h6-7,9-10,15H,5,8H2,1-2H3/t10-/m1/s1. The number of hydrogen-bond acceptors (Lipinski definition) is 2. The highest BCUT2D eigenvalue weighted by atomic mass is 19.1. The van der Waals surface area contributed by atoms with Crippen molar-refractivity contribution in [1.82, 2.24) is 0 Å². The number of ether oxygens (including phenoxy) is 1. The molecular formula is C13H15FO2. The minimum Gasteiger partial charge on any atom is -0.490 e. The fourth-order valence-electron chi connectivity index (χ4n) is 1.23. The first kappa shape index (κ1) is 12.5. The molecule has 3 heteroatoms. The van der Waals surface area contributed by atoms with Crippen molar-refractivity contribution >= 4 is 0 Å². The molecule has 86 valence electrons. The van der Waals surface area contributed by atoms with Gasteiger partial charge in [0.2, 0.25) is 0 Å². The van der Waals surface area contributed by atoms with Crippen LogP contribution in [-0.2, 0) is 0 Å². The van der Waals surface area contributed by atoms with Crippen molar-refractivity contribution in [2.24, 2.45) is 0 Å². The monoisotopic (exact) mass is 222 g/mol. The lowest BCUT2D eigenvalue weighted by molar-refractivity contribution is 0.198. The van der Waals surface area contributed by atoms with Gasteiger partial charge in [-0.1, -0.05) is 6.07 Å². The van der Waals surface area contributed by atoms with Crippen molar-refractivity contribution in [2.45, 2.75) is 26.4 Å². The lowest BCUT2D eigenvalue weighted by Crippen LogP contribution is -1.99. The first-order valence-electron chi connectivity index (χ1n) is 5.15. The summed E-state index contributed by atoms with van der Waals surface area (Å²) in [4.78, 5) is 0. The highest BCUT2D eigenvalue weighted by Crippen LogP contribution is 2.21. The number of aliphatic hydroxyl groups is 1. The molecule has 0 aliphatic heterocycles. The van der Waals surface area contributed by atoms with Crippen molar-refractivity contribution in [3.63, 3.8) is 0 Å². The Bertz CT molecular complexity index is 402. The lowest BCUT2D eigenvalue weighted by Gasteiger charge is -2.08. The smallest absolute Gasteiger partial charge is 0.165 e. The number of hydrogen-bond donors (Lipinski definition) is 1. The van der Waals surface area contributed by atoms with E-state index < -0.39 is 11.9 Å². The Labute approximate surface area is 95.1 Å². The first-order valence-corrected chi connectivity index (χ1v) is 5.15. The predicted octanol–water partition coefficient (Wildman–Crippen LogP) is 2.67. The van der Waals surface area contributed by atoms with E-state index in [0.29, 0.717) is 18.6 Å². The zero-order valence-corrected chi connectivity index (χ0v) is 9.46. The van der Waals surface area contributed by atoms with Crippen molar-refractivity contribution in [3.05, 3.63) is 29.6 Å². The van der Waals surface area contributed by atoms with E-state index in [1.54, 1.807) is 19.9 Å². The summed E-state index contributed by atoms with van der Waals surface area (Å²) >= 11 is 0. The van der Waals surface area contributed by atoms with E-state index in [1.807, 2.05) is 0 Å². The molecule has 1 N–H and O–H groups in total. The van der Waals surface area contributed by atoms with Crippen molar-refractivity contribution in [3.8, 4) is 17.6 Å². The molecular weight excluding hydrogens is 207 g/mol. The van der Waals surface area contributed by atoms with E-state index in [4.69, 9.17) is 4.74 Å². The molecule has 0 bridgehead atoms. The van der Waals surface area contributed by atoms with Crippen LogP contribution in [0, 0.1) is 17.7 Å². The Balaban J connectivity index is 2.63. The topological polar surface area (TPSA) is 29.5 Å². The van der Waals surface area contributed by atoms with Crippen LogP contribution in [0.2, 0.25) is 0 Å². The van der Waals surface area contributed by atoms with E-state index >= 15 is 0 Å². The Kier molecular flexibility index (Phi) is 4.81. The summed E-state index contributed by atoms with van der Waals surface area (Å²) in [6.45, 7) is 3.70. The first-order chi connectivity index (χ1) is 7.65. The second kappa shape index (κ2) is 6.14. The van der Waals surface area contributed by atoms with Crippen molar-refractivity contribution in [2.75, 3.05) is 6.61 Å². The van der Waals surface area contributed by atoms with Crippen LogP contribution in [-0.4, -0.2) is 11.7 Å². The van der Waals surface area contributed by atoms with E-state index in [-0.39, 0.29) is 5.75 Å². The van der Waals surface area contributed by atoms with Crippen LogP contribution < -0.4 is 4.74 Å². The number of rotatable bonds is 4. The van der Waals surface area contributed by atoms with Crippen LogP contribution in [0.4, 0.5) is 4.39 Å². The molecule has 1 rings (SSSR count). The molecule has 1 aromatic rings. The molecule has 0 saturated carbocycles. The van der Waals surface area contributed by atoms with E-state index in [1.165, 1.54) is 12.1 Å². The normalized spacial score (nSPS) is 11.5. The maximum atomic E-state index is 13.4. The third kappa shape index (κ3) is 3.56. The van der Waals surface area contributed by atoms with Gasteiger partial charge in [-0.15, -0.1) is 11.8 Å². The van der Waals surface area contributed by atoms with Gasteiger partial charge in [0.1, 0.15) is 0 Å². The SMILES string of the molecule is CC#CCCOc1ccc([C@@H](C)O)cc1F. The minimum atomic E-state index is -0.672. The summed E-state index contributed by atoms with van der Waals surface area (Å²) in [5, 5.41) is 9.26. The summed E-state index contributed by atoms with van der Waals surface area (Å²) in [5.74, 6) is 5.31. The van der Waals surface area contributed by atoms with Gasteiger partial charge in [0.25, 0.3) is 0 Å². The Morgan fingerprint density at radius 1 is 1.50 bits per heavy atom. The fraction of sp³-hybridized carbons (Fsp3) is 0.385. The quantitative estimate of drug-likeness (QED) is 0.627. The molecule has 1 atom stereocenters. The fourth-order valence-corrected chi connectivity index (χ4v) is 1.23. The zero-order valence-electron chi connectivity index (χ0n) is 9.46. The van der Waals surface area contributed by atoms with Crippen molar-refractivity contribution < 1.29 is 14.2 Å². The molecule has 0 saturated heterocycles. The number of halogens is 1. The summed E-state index contributed by atoms with van der Waals surface area (Å²) in [5.41, 5.74) is 0.540.